The summed E-state index contributed by atoms with van der Waals surface area (Å²) < 4.78 is 1.79. The van der Waals surface area contributed by atoms with E-state index in [0.29, 0.717) is 11.0 Å². The Morgan fingerprint density at radius 1 is 1.42 bits per heavy atom. The predicted molar refractivity (Wildman–Crippen MR) is 78.9 cm³/mol. The van der Waals surface area contributed by atoms with Crippen molar-refractivity contribution in [1.82, 2.24) is 14.5 Å². The Morgan fingerprint density at radius 3 is 2.84 bits per heavy atom. The molecule has 19 heavy (non-hydrogen) atoms. The van der Waals surface area contributed by atoms with Gasteiger partial charge in [0.05, 0.1) is 0 Å². The van der Waals surface area contributed by atoms with Crippen molar-refractivity contribution >= 4 is 38.6 Å². The Bertz CT molecular complexity index is 679. The lowest BCUT2D eigenvalue weighted by Gasteiger charge is -2.17. The highest BCUT2D eigenvalue weighted by Gasteiger charge is 2.21. The predicted octanol–water partition coefficient (Wildman–Crippen LogP) is 3.45. The van der Waals surface area contributed by atoms with Gasteiger partial charge in [-0.1, -0.05) is 28.8 Å². The highest BCUT2D eigenvalue weighted by molar-refractivity contribution is 9.08. The average molecular weight is 343 g/mol. The molecule has 1 aliphatic rings. The SMILES string of the molecule is O=c1cc(CBr)c2cnc(Cl)nc2n1C1CCCC1. The van der Waals surface area contributed by atoms with Gasteiger partial charge in [-0.15, -0.1) is 0 Å². The average Bonchev–Trinajstić information content (AvgIpc) is 2.91. The summed E-state index contributed by atoms with van der Waals surface area (Å²) in [5, 5.41) is 1.69. The summed E-state index contributed by atoms with van der Waals surface area (Å²) in [6, 6.07) is 1.91. The third-order valence-corrected chi connectivity index (χ3v) is 4.47. The molecular weight excluding hydrogens is 330 g/mol. The Balaban J connectivity index is 2.33. The molecule has 0 spiro atoms. The van der Waals surface area contributed by atoms with Gasteiger partial charge in [0.15, 0.2) is 0 Å². The molecule has 1 fully saturated rings. The van der Waals surface area contributed by atoms with E-state index in [0.717, 1.165) is 36.6 Å². The van der Waals surface area contributed by atoms with Gasteiger partial charge in [0.2, 0.25) is 5.28 Å². The van der Waals surface area contributed by atoms with Crippen molar-refractivity contribution in [2.24, 2.45) is 0 Å². The number of rotatable bonds is 2. The van der Waals surface area contributed by atoms with Crippen LogP contribution in [0.4, 0.5) is 0 Å². The number of fused-ring (bicyclic) bond motifs is 1. The molecule has 4 nitrogen and oxygen atoms in total. The molecule has 0 bridgehead atoms. The minimum absolute atomic E-state index is 0.00335. The summed E-state index contributed by atoms with van der Waals surface area (Å²) in [4.78, 5) is 20.7. The van der Waals surface area contributed by atoms with E-state index in [1.54, 1.807) is 16.8 Å². The van der Waals surface area contributed by atoms with Crippen LogP contribution in [0.1, 0.15) is 37.3 Å². The normalized spacial score (nSPS) is 16.3. The zero-order valence-electron chi connectivity index (χ0n) is 10.3. The van der Waals surface area contributed by atoms with Gasteiger partial charge >= 0.3 is 0 Å². The molecule has 100 valence electrons. The van der Waals surface area contributed by atoms with Crippen molar-refractivity contribution in [3.63, 3.8) is 0 Å². The summed E-state index contributed by atoms with van der Waals surface area (Å²) in [6.45, 7) is 0. The van der Waals surface area contributed by atoms with Gasteiger partial charge in [-0.05, 0) is 30.0 Å². The molecule has 2 aromatic rings. The third-order valence-electron chi connectivity index (χ3n) is 3.68. The molecule has 6 heteroatoms. The van der Waals surface area contributed by atoms with Crippen LogP contribution in [0.15, 0.2) is 17.1 Å². The summed E-state index contributed by atoms with van der Waals surface area (Å²) in [7, 11) is 0. The van der Waals surface area contributed by atoms with Gasteiger partial charge < -0.3 is 0 Å². The Hall–Kier alpha value is -0.940. The first-order valence-electron chi connectivity index (χ1n) is 6.33. The van der Waals surface area contributed by atoms with Crippen LogP contribution < -0.4 is 5.56 Å². The van der Waals surface area contributed by atoms with E-state index in [4.69, 9.17) is 11.6 Å². The summed E-state index contributed by atoms with van der Waals surface area (Å²) in [5.41, 5.74) is 1.57. The first-order chi connectivity index (χ1) is 9.20. The topological polar surface area (TPSA) is 47.8 Å². The third kappa shape index (κ3) is 2.30. The first-order valence-corrected chi connectivity index (χ1v) is 7.83. The van der Waals surface area contributed by atoms with Crippen molar-refractivity contribution < 1.29 is 0 Å². The monoisotopic (exact) mass is 341 g/mol. The van der Waals surface area contributed by atoms with E-state index >= 15 is 0 Å². The lowest BCUT2D eigenvalue weighted by atomic mass is 10.1. The largest absolute Gasteiger partial charge is 0.289 e. The molecule has 0 N–H and O–H groups in total. The second-order valence-corrected chi connectivity index (χ2v) is 5.72. The molecule has 3 rings (SSSR count). The lowest BCUT2D eigenvalue weighted by molar-refractivity contribution is 0.515. The summed E-state index contributed by atoms with van der Waals surface area (Å²) in [5.74, 6) is 0. The van der Waals surface area contributed by atoms with Crippen LogP contribution in [0.3, 0.4) is 0 Å². The smallest absolute Gasteiger partial charge is 0.252 e. The standard InChI is InChI=1S/C13H13BrClN3O/c14-6-8-5-11(19)18(9-3-1-2-4-9)12-10(8)7-16-13(15)17-12/h5,7,9H,1-4,6H2. The zero-order chi connectivity index (χ0) is 13.4. The van der Waals surface area contributed by atoms with E-state index in [1.807, 2.05) is 0 Å². The van der Waals surface area contributed by atoms with Crippen LogP contribution in [-0.2, 0) is 5.33 Å². The summed E-state index contributed by atoms with van der Waals surface area (Å²) in [6.07, 6.45) is 6.09. The maximum Gasteiger partial charge on any atom is 0.252 e. The highest BCUT2D eigenvalue weighted by atomic mass is 79.9. The van der Waals surface area contributed by atoms with Crippen LogP contribution in [0.25, 0.3) is 11.0 Å². The molecule has 2 aromatic heterocycles. The highest BCUT2D eigenvalue weighted by Crippen LogP contribution is 2.31. The molecular formula is C13H13BrClN3O. The minimum Gasteiger partial charge on any atom is -0.289 e. The molecule has 0 aromatic carbocycles. The van der Waals surface area contributed by atoms with Crippen LogP contribution in [-0.4, -0.2) is 14.5 Å². The van der Waals surface area contributed by atoms with E-state index < -0.39 is 0 Å². The second kappa shape index (κ2) is 5.21. The van der Waals surface area contributed by atoms with Crippen LogP contribution in [0, 0.1) is 0 Å². The van der Waals surface area contributed by atoms with Crippen molar-refractivity contribution in [1.29, 1.82) is 0 Å². The van der Waals surface area contributed by atoms with Gasteiger partial charge in [0, 0.05) is 29.0 Å². The van der Waals surface area contributed by atoms with E-state index in [9.17, 15) is 4.79 Å². The number of nitrogens with zero attached hydrogens (tertiary/aromatic N) is 3. The Morgan fingerprint density at radius 2 is 2.16 bits per heavy atom. The Labute approximate surface area is 123 Å². The van der Waals surface area contributed by atoms with Crippen molar-refractivity contribution in [2.75, 3.05) is 0 Å². The van der Waals surface area contributed by atoms with Gasteiger partial charge in [-0.3, -0.25) is 9.36 Å². The van der Waals surface area contributed by atoms with E-state index in [-0.39, 0.29) is 16.9 Å². The van der Waals surface area contributed by atoms with Crippen LogP contribution in [0.2, 0.25) is 5.28 Å². The van der Waals surface area contributed by atoms with Crippen LogP contribution >= 0.6 is 27.5 Å². The number of hydrogen-bond donors (Lipinski definition) is 0. The molecule has 0 atom stereocenters. The number of halogens is 2. The van der Waals surface area contributed by atoms with Crippen molar-refractivity contribution in [3.8, 4) is 0 Å². The zero-order valence-corrected chi connectivity index (χ0v) is 12.6. The minimum atomic E-state index is 0.00335. The van der Waals surface area contributed by atoms with E-state index in [2.05, 4.69) is 25.9 Å². The van der Waals surface area contributed by atoms with Crippen molar-refractivity contribution in [2.45, 2.75) is 37.1 Å². The molecule has 1 saturated carbocycles. The van der Waals surface area contributed by atoms with Crippen LogP contribution in [0.5, 0.6) is 0 Å². The molecule has 0 saturated heterocycles. The molecule has 2 heterocycles. The summed E-state index contributed by atoms with van der Waals surface area (Å²) >= 11 is 9.30. The quantitative estimate of drug-likeness (QED) is 0.620. The van der Waals surface area contributed by atoms with Gasteiger partial charge in [0.25, 0.3) is 5.56 Å². The molecule has 0 aliphatic heterocycles. The van der Waals surface area contributed by atoms with Gasteiger partial charge in [-0.25, -0.2) is 4.98 Å². The molecule has 0 radical (unpaired) electrons. The molecule has 0 unspecified atom stereocenters. The fourth-order valence-corrected chi connectivity index (χ4v) is 3.38. The molecule has 1 aliphatic carbocycles. The van der Waals surface area contributed by atoms with Crippen molar-refractivity contribution in [3.05, 3.63) is 33.5 Å². The Kier molecular flexibility index (Phi) is 3.58. The number of aromatic nitrogens is 3. The number of hydrogen-bond acceptors (Lipinski definition) is 3. The number of pyridine rings is 1. The maximum atomic E-state index is 12.3. The number of alkyl halides is 1. The first kappa shape index (κ1) is 13.1. The maximum absolute atomic E-state index is 12.3. The van der Waals surface area contributed by atoms with E-state index in [1.165, 1.54) is 0 Å². The fourth-order valence-electron chi connectivity index (χ4n) is 2.79. The fraction of sp³-hybridized carbons (Fsp3) is 0.462. The lowest BCUT2D eigenvalue weighted by Crippen LogP contribution is -2.24. The second-order valence-electron chi connectivity index (χ2n) is 4.83. The molecule has 0 amide bonds. The van der Waals surface area contributed by atoms with Gasteiger partial charge in [0.1, 0.15) is 5.65 Å². The van der Waals surface area contributed by atoms with Gasteiger partial charge in [-0.2, -0.15) is 4.98 Å².